The highest BCUT2D eigenvalue weighted by Crippen LogP contribution is 2.23. The van der Waals surface area contributed by atoms with E-state index in [-0.39, 0.29) is 19.2 Å². The molecule has 2 rings (SSSR count). The van der Waals surface area contributed by atoms with Gasteiger partial charge in [0.15, 0.2) is 0 Å². The first-order valence-corrected chi connectivity index (χ1v) is 9.47. The molecule has 1 saturated heterocycles. The Morgan fingerprint density at radius 2 is 1.89 bits per heavy atom. The molecule has 2 N–H and O–H groups in total. The smallest absolute Gasteiger partial charge is 0.408 e. The van der Waals surface area contributed by atoms with Crippen molar-refractivity contribution in [1.29, 1.82) is 0 Å². The molecule has 0 aromatic heterocycles. The quantitative estimate of drug-likeness (QED) is 0.748. The summed E-state index contributed by atoms with van der Waals surface area (Å²) in [6, 6.07) is 8.66. The van der Waals surface area contributed by atoms with Gasteiger partial charge in [0.25, 0.3) is 5.91 Å². The number of carbonyl (C=O) groups is 3. The lowest BCUT2D eigenvalue weighted by atomic mass is 10.0. The molecule has 8 heteroatoms. The molecule has 8 nitrogen and oxygen atoms in total. The van der Waals surface area contributed by atoms with Crippen molar-refractivity contribution in [3.05, 3.63) is 35.9 Å². The van der Waals surface area contributed by atoms with E-state index >= 15 is 0 Å². The molecule has 1 unspecified atom stereocenters. The summed E-state index contributed by atoms with van der Waals surface area (Å²) >= 11 is 0. The molecule has 0 bridgehead atoms. The zero-order chi connectivity index (χ0) is 20.7. The first-order valence-electron chi connectivity index (χ1n) is 9.47. The number of carbonyl (C=O) groups excluding carboxylic acids is 3. The first kappa shape index (κ1) is 21.7. The summed E-state index contributed by atoms with van der Waals surface area (Å²) in [5.74, 6) is -0.926. The lowest BCUT2D eigenvalue weighted by molar-refractivity contribution is -0.151. The van der Waals surface area contributed by atoms with Crippen LogP contribution in [0.2, 0.25) is 0 Å². The van der Waals surface area contributed by atoms with Gasteiger partial charge in [-0.05, 0) is 46.1 Å². The Morgan fingerprint density at radius 3 is 2.50 bits per heavy atom. The molecule has 1 aromatic carbocycles. The molecule has 0 aliphatic carbocycles. The SMILES string of the molecule is CCOC(=O)CN1N[C@H](c2ccccc2)CCC(NC(=O)OC(C)(C)C)C1=O. The molecule has 1 heterocycles. The van der Waals surface area contributed by atoms with Crippen LogP contribution in [-0.4, -0.2) is 47.8 Å². The molecule has 28 heavy (non-hydrogen) atoms. The van der Waals surface area contributed by atoms with Crippen LogP contribution in [0, 0.1) is 0 Å². The average Bonchev–Trinajstić information content (AvgIpc) is 2.75. The van der Waals surface area contributed by atoms with Gasteiger partial charge in [0.05, 0.1) is 12.6 Å². The van der Waals surface area contributed by atoms with Crippen LogP contribution in [0.5, 0.6) is 0 Å². The molecular weight excluding hydrogens is 362 g/mol. The molecule has 0 radical (unpaired) electrons. The fourth-order valence-corrected chi connectivity index (χ4v) is 2.93. The highest BCUT2D eigenvalue weighted by molar-refractivity contribution is 5.88. The van der Waals surface area contributed by atoms with Gasteiger partial charge in [-0.1, -0.05) is 30.3 Å². The molecule has 1 aliphatic heterocycles. The highest BCUT2D eigenvalue weighted by Gasteiger charge is 2.34. The Kier molecular flexibility index (Phi) is 7.39. The molecule has 2 amide bonds. The normalized spacial score (nSPS) is 20.3. The van der Waals surface area contributed by atoms with Gasteiger partial charge in [-0.3, -0.25) is 14.6 Å². The minimum absolute atomic E-state index is 0.176. The van der Waals surface area contributed by atoms with E-state index in [1.807, 2.05) is 30.3 Å². The van der Waals surface area contributed by atoms with E-state index in [1.165, 1.54) is 5.01 Å². The molecule has 1 aromatic rings. The first-order chi connectivity index (χ1) is 13.2. The van der Waals surface area contributed by atoms with E-state index in [1.54, 1.807) is 27.7 Å². The van der Waals surface area contributed by atoms with E-state index < -0.39 is 29.6 Å². The standard InChI is InChI=1S/C20H29N3O5/c1-5-27-17(24)13-23-18(25)16(21-19(26)28-20(2,3)4)12-11-15(22-23)14-9-7-6-8-10-14/h6-10,15-16,22H,5,11-13H2,1-4H3,(H,21,26)/t15-,16?/m0/s1. The van der Waals surface area contributed by atoms with Crippen LogP contribution in [-0.2, 0) is 19.1 Å². The van der Waals surface area contributed by atoms with Gasteiger partial charge in [-0.25, -0.2) is 10.2 Å². The molecule has 2 atom stereocenters. The maximum atomic E-state index is 12.9. The lowest BCUT2D eigenvalue weighted by Crippen LogP contribution is -2.53. The van der Waals surface area contributed by atoms with Crippen molar-refractivity contribution in [2.24, 2.45) is 0 Å². The van der Waals surface area contributed by atoms with Crippen LogP contribution in [0.3, 0.4) is 0 Å². The largest absolute Gasteiger partial charge is 0.465 e. The summed E-state index contributed by atoms with van der Waals surface area (Å²) in [5.41, 5.74) is 3.43. The fourth-order valence-electron chi connectivity index (χ4n) is 2.93. The predicted molar refractivity (Wildman–Crippen MR) is 103 cm³/mol. The number of benzene rings is 1. The van der Waals surface area contributed by atoms with Crippen molar-refractivity contribution in [2.75, 3.05) is 13.2 Å². The van der Waals surface area contributed by atoms with Crippen LogP contribution < -0.4 is 10.7 Å². The van der Waals surface area contributed by atoms with Gasteiger partial charge in [0.2, 0.25) is 0 Å². The third-order valence-electron chi connectivity index (χ3n) is 4.11. The number of esters is 1. The van der Waals surface area contributed by atoms with Crippen molar-refractivity contribution < 1.29 is 23.9 Å². The van der Waals surface area contributed by atoms with Gasteiger partial charge < -0.3 is 14.8 Å². The zero-order valence-electron chi connectivity index (χ0n) is 16.9. The minimum atomic E-state index is -0.800. The second kappa shape index (κ2) is 9.54. The summed E-state index contributed by atoms with van der Waals surface area (Å²) in [7, 11) is 0. The van der Waals surface area contributed by atoms with Crippen LogP contribution in [0.15, 0.2) is 30.3 Å². The number of hydrogen-bond donors (Lipinski definition) is 2. The number of nitrogens with zero attached hydrogens (tertiary/aromatic N) is 1. The van der Waals surface area contributed by atoms with Crippen LogP contribution in [0.4, 0.5) is 4.79 Å². The Balaban J connectivity index is 2.17. The molecule has 0 spiro atoms. The predicted octanol–water partition coefficient (Wildman–Crippen LogP) is 2.31. The maximum absolute atomic E-state index is 12.9. The molecule has 154 valence electrons. The van der Waals surface area contributed by atoms with E-state index in [4.69, 9.17) is 9.47 Å². The van der Waals surface area contributed by atoms with Gasteiger partial charge in [-0.15, -0.1) is 0 Å². The van der Waals surface area contributed by atoms with E-state index in [0.29, 0.717) is 12.8 Å². The molecule has 0 saturated carbocycles. The number of rotatable bonds is 5. The van der Waals surface area contributed by atoms with Gasteiger partial charge >= 0.3 is 12.1 Å². The molecular formula is C20H29N3O5. The van der Waals surface area contributed by atoms with Crippen molar-refractivity contribution in [2.45, 2.75) is 58.2 Å². The number of ether oxygens (including phenoxy) is 2. The summed E-state index contributed by atoms with van der Waals surface area (Å²) in [6.45, 7) is 6.94. The summed E-state index contributed by atoms with van der Waals surface area (Å²) in [5, 5.41) is 3.85. The Labute approximate surface area is 165 Å². The van der Waals surface area contributed by atoms with Crippen molar-refractivity contribution in [3.63, 3.8) is 0 Å². The Morgan fingerprint density at radius 1 is 1.21 bits per heavy atom. The van der Waals surface area contributed by atoms with Gasteiger partial charge in [0.1, 0.15) is 18.2 Å². The summed E-state index contributed by atoms with van der Waals surface area (Å²) in [4.78, 5) is 37.1. The lowest BCUT2D eigenvalue weighted by Gasteiger charge is -2.27. The van der Waals surface area contributed by atoms with Crippen LogP contribution >= 0.6 is 0 Å². The van der Waals surface area contributed by atoms with Gasteiger partial charge in [0, 0.05) is 0 Å². The van der Waals surface area contributed by atoms with Gasteiger partial charge in [-0.2, -0.15) is 0 Å². The Hall–Kier alpha value is -2.61. The number of hydrazine groups is 1. The maximum Gasteiger partial charge on any atom is 0.408 e. The fraction of sp³-hybridized carbons (Fsp3) is 0.550. The van der Waals surface area contributed by atoms with Crippen LogP contribution in [0.25, 0.3) is 0 Å². The van der Waals surface area contributed by atoms with Crippen molar-refractivity contribution in [3.8, 4) is 0 Å². The van der Waals surface area contributed by atoms with Crippen molar-refractivity contribution in [1.82, 2.24) is 15.8 Å². The minimum Gasteiger partial charge on any atom is -0.465 e. The topological polar surface area (TPSA) is 97.0 Å². The van der Waals surface area contributed by atoms with E-state index in [9.17, 15) is 14.4 Å². The third-order valence-corrected chi connectivity index (χ3v) is 4.11. The second-order valence-corrected chi connectivity index (χ2v) is 7.60. The average molecular weight is 391 g/mol. The monoisotopic (exact) mass is 391 g/mol. The number of hydrogen-bond acceptors (Lipinski definition) is 6. The Bertz CT molecular complexity index is 687. The zero-order valence-corrected chi connectivity index (χ0v) is 16.9. The van der Waals surface area contributed by atoms with E-state index in [0.717, 1.165) is 5.56 Å². The second-order valence-electron chi connectivity index (χ2n) is 7.60. The highest BCUT2D eigenvalue weighted by atomic mass is 16.6. The number of alkyl carbamates (subject to hydrolysis) is 1. The summed E-state index contributed by atoms with van der Waals surface area (Å²) in [6.07, 6.45) is 0.333. The third kappa shape index (κ3) is 6.53. The molecule has 1 fully saturated rings. The van der Waals surface area contributed by atoms with E-state index in [2.05, 4.69) is 10.7 Å². The van der Waals surface area contributed by atoms with Crippen LogP contribution in [0.1, 0.15) is 52.1 Å². The summed E-state index contributed by atoms with van der Waals surface area (Å²) < 4.78 is 10.2. The molecule has 1 aliphatic rings. The number of nitrogens with one attached hydrogen (secondary N) is 2. The number of amides is 2. The van der Waals surface area contributed by atoms with Crippen molar-refractivity contribution >= 4 is 18.0 Å².